The van der Waals surface area contributed by atoms with Gasteiger partial charge in [0.25, 0.3) is 0 Å². The van der Waals surface area contributed by atoms with E-state index in [2.05, 4.69) is 73.4 Å². The van der Waals surface area contributed by atoms with Gasteiger partial charge in [-0.1, -0.05) is 38.1 Å². The molecule has 0 radical (unpaired) electrons. The average molecular weight is 281 g/mol. The highest BCUT2D eigenvalue weighted by Gasteiger charge is 2.11. The number of allylic oxidation sites excluding steroid dienone is 2. The molecule has 1 N–H and O–H groups in total. The highest BCUT2D eigenvalue weighted by atomic mass is 15.0. The molecule has 0 aromatic carbocycles. The van der Waals surface area contributed by atoms with Crippen molar-refractivity contribution in [3.8, 4) is 0 Å². The molecule has 110 valence electrons. The molecule has 0 unspecified atom stereocenters. The molecule has 0 saturated carbocycles. The van der Waals surface area contributed by atoms with Crippen molar-refractivity contribution in [2.24, 2.45) is 10.4 Å². The lowest BCUT2D eigenvalue weighted by molar-refractivity contribution is 0.646. The molecule has 0 saturated heterocycles. The quantitative estimate of drug-likeness (QED) is 0.791. The van der Waals surface area contributed by atoms with Gasteiger partial charge < -0.3 is 5.32 Å². The van der Waals surface area contributed by atoms with E-state index in [0.717, 1.165) is 5.35 Å². The Hall–Kier alpha value is -2.16. The summed E-state index contributed by atoms with van der Waals surface area (Å²) in [5, 5.41) is 5.15. The van der Waals surface area contributed by atoms with Crippen LogP contribution in [0.5, 0.6) is 0 Å². The van der Waals surface area contributed by atoms with Gasteiger partial charge in [-0.05, 0) is 37.3 Å². The second kappa shape index (κ2) is 6.08. The van der Waals surface area contributed by atoms with Crippen LogP contribution in [0.3, 0.4) is 0 Å². The predicted molar refractivity (Wildman–Crippen MR) is 90.2 cm³/mol. The zero-order valence-corrected chi connectivity index (χ0v) is 13.2. The van der Waals surface area contributed by atoms with E-state index < -0.39 is 0 Å². The molecular formula is C18H23N3. The van der Waals surface area contributed by atoms with E-state index in [9.17, 15) is 0 Å². The van der Waals surface area contributed by atoms with E-state index in [1.807, 2.05) is 24.5 Å². The topological polar surface area (TPSA) is 37.3 Å². The Kier molecular flexibility index (Phi) is 4.41. The van der Waals surface area contributed by atoms with Crippen LogP contribution in [-0.4, -0.2) is 16.9 Å². The number of fused-ring (bicyclic) bond motifs is 1. The molecule has 21 heavy (non-hydrogen) atoms. The maximum Gasteiger partial charge on any atom is 0.0873 e. The van der Waals surface area contributed by atoms with Crippen LogP contribution in [-0.2, 0) is 0 Å². The van der Waals surface area contributed by atoms with E-state index in [-0.39, 0.29) is 11.0 Å². The normalized spacial score (nSPS) is 19.8. The first kappa shape index (κ1) is 15.2. The number of aliphatic imine (C=N–C) groups is 1. The van der Waals surface area contributed by atoms with Gasteiger partial charge in [0, 0.05) is 17.8 Å². The van der Waals surface area contributed by atoms with Crippen molar-refractivity contribution in [3.05, 3.63) is 53.3 Å². The van der Waals surface area contributed by atoms with Crippen molar-refractivity contribution in [2.45, 2.75) is 33.2 Å². The van der Waals surface area contributed by atoms with E-state index in [0.29, 0.717) is 0 Å². The molecule has 1 aliphatic heterocycles. The second-order valence-corrected chi connectivity index (χ2v) is 6.38. The van der Waals surface area contributed by atoms with Gasteiger partial charge in [0.15, 0.2) is 0 Å². The minimum atomic E-state index is 0.00521. The Balaban J connectivity index is 0.000000173. The molecule has 2 heterocycles. The number of pyridine rings is 1. The largest absolute Gasteiger partial charge is 0.353 e. The highest BCUT2D eigenvalue weighted by molar-refractivity contribution is 5.58. The molecule has 1 aliphatic carbocycles. The lowest BCUT2D eigenvalue weighted by Gasteiger charge is -2.16. The zero-order chi connectivity index (χ0) is 15.3. The van der Waals surface area contributed by atoms with E-state index in [4.69, 9.17) is 0 Å². The fourth-order valence-electron chi connectivity index (χ4n) is 2.07. The van der Waals surface area contributed by atoms with Crippen molar-refractivity contribution < 1.29 is 0 Å². The molecule has 0 atom stereocenters. The first-order valence-electron chi connectivity index (χ1n) is 7.19. The van der Waals surface area contributed by atoms with Crippen LogP contribution >= 0.6 is 0 Å². The van der Waals surface area contributed by atoms with Gasteiger partial charge in [-0.15, -0.1) is 0 Å². The van der Waals surface area contributed by atoms with Gasteiger partial charge in [-0.2, -0.15) is 0 Å². The standard InChI is InChI=1S/C12H13N.C6H10N2/c1-12(2)7-3-6-11-10(9-12)5-4-8-13-11;1-6(2)3-4-7-5-8-6/h3-9H,1-2H3;3-5H,1-2H3,(H,7,8). The van der Waals surface area contributed by atoms with Crippen LogP contribution in [0.15, 0.2) is 47.7 Å². The minimum absolute atomic E-state index is 0.00521. The number of rotatable bonds is 0. The van der Waals surface area contributed by atoms with E-state index in [1.54, 1.807) is 6.34 Å². The first-order chi connectivity index (χ1) is 9.88. The maximum absolute atomic E-state index is 4.31. The fourth-order valence-corrected chi connectivity index (χ4v) is 2.07. The van der Waals surface area contributed by atoms with Gasteiger partial charge in [0.1, 0.15) is 0 Å². The van der Waals surface area contributed by atoms with Gasteiger partial charge >= 0.3 is 0 Å². The zero-order valence-electron chi connectivity index (χ0n) is 13.2. The van der Waals surface area contributed by atoms with Gasteiger partial charge in [-0.3, -0.25) is 9.98 Å². The SMILES string of the molecule is CC1(C)C=CC=c2ncccc2=C1.CC1(C)C=CNC=N1. The van der Waals surface area contributed by atoms with E-state index in [1.165, 1.54) is 5.22 Å². The molecule has 0 spiro atoms. The highest BCUT2D eigenvalue weighted by Crippen LogP contribution is 2.19. The van der Waals surface area contributed by atoms with Crippen LogP contribution in [0.2, 0.25) is 0 Å². The lowest BCUT2D eigenvalue weighted by atomic mass is 9.92. The predicted octanol–water partition coefficient (Wildman–Crippen LogP) is 2.15. The molecule has 3 rings (SSSR count). The summed E-state index contributed by atoms with van der Waals surface area (Å²) in [6.45, 7) is 8.50. The van der Waals surface area contributed by atoms with Crippen LogP contribution in [0, 0.1) is 5.41 Å². The Morgan fingerprint density at radius 3 is 2.52 bits per heavy atom. The third-order valence-electron chi connectivity index (χ3n) is 3.24. The molecular weight excluding hydrogens is 258 g/mol. The Labute approximate surface area is 126 Å². The van der Waals surface area contributed by atoms with Crippen LogP contribution < -0.4 is 15.9 Å². The van der Waals surface area contributed by atoms with Crippen LogP contribution in [0.4, 0.5) is 0 Å². The summed E-state index contributed by atoms with van der Waals surface area (Å²) in [7, 11) is 0. The molecule has 3 heteroatoms. The summed E-state index contributed by atoms with van der Waals surface area (Å²) < 4.78 is 0. The third kappa shape index (κ3) is 4.71. The monoisotopic (exact) mass is 281 g/mol. The molecule has 0 fully saturated rings. The summed E-state index contributed by atoms with van der Waals surface area (Å²) >= 11 is 0. The number of hydrogen-bond donors (Lipinski definition) is 1. The van der Waals surface area contributed by atoms with Gasteiger partial charge in [0.2, 0.25) is 0 Å². The van der Waals surface area contributed by atoms with Crippen LogP contribution in [0.25, 0.3) is 12.2 Å². The van der Waals surface area contributed by atoms with Crippen molar-refractivity contribution in [1.82, 2.24) is 10.3 Å². The summed E-state index contributed by atoms with van der Waals surface area (Å²) in [6, 6.07) is 4.08. The third-order valence-corrected chi connectivity index (χ3v) is 3.24. The van der Waals surface area contributed by atoms with Gasteiger partial charge in [0.05, 0.1) is 17.2 Å². The Morgan fingerprint density at radius 2 is 1.90 bits per heavy atom. The maximum atomic E-state index is 4.31. The molecule has 0 bridgehead atoms. The molecule has 1 aromatic rings. The van der Waals surface area contributed by atoms with E-state index >= 15 is 0 Å². The van der Waals surface area contributed by atoms with Crippen molar-refractivity contribution in [3.63, 3.8) is 0 Å². The number of nitrogens with one attached hydrogen (secondary N) is 1. The Morgan fingerprint density at radius 1 is 1.10 bits per heavy atom. The number of aromatic nitrogens is 1. The molecule has 1 aromatic heterocycles. The van der Waals surface area contributed by atoms with Crippen LogP contribution in [0.1, 0.15) is 27.7 Å². The summed E-state index contributed by atoms with van der Waals surface area (Å²) in [5.74, 6) is 0. The summed E-state index contributed by atoms with van der Waals surface area (Å²) in [5.41, 5.74) is 0.135. The smallest absolute Gasteiger partial charge is 0.0873 e. The first-order valence-corrected chi connectivity index (χ1v) is 7.19. The number of hydrogen-bond acceptors (Lipinski definition) is 3. The Bertz CT molecular complexity index is 677. The minimum Gasteiger partial charge on any atom is -0.353 e. The molecule has 3 nitrogen and oxygen atoms in total. The lowest BCUT2D eigenvalue weighted by Crippen LogP contribution is -2.28. The molecule has 2 aliphatic rings. The number of nitrogens with zero attached hydrogens (tertiary/aromatic N) is 2. The van der Waals surface area contributed by atoms with Crippen molar-refractivity contribution >= 4 is 18.5 Å². The second-order valence-electron chi connectivity index (χ2n) is 6.38. The summed E-state index contributed by atoms with van der Waals surface area (Å²) in [6.07, 6.45) is 16.0. The fraction of sp³-hybridized carbons (Fsp3) is 0.333. The van der Waals surface area contributed by atoms with Crippen molar-refractivity contribution in [1.29, 1.82) is 0 Å². The molecule has 0 amide bonds. The van der Waals surface area contributed by atoms with Gasteiger partial charge in [-0.25, -0.2) is 0 Å². The summed E-state index contributed by atoms with van der Waals surface area (Å²) in [4.78, 5) is 8.45. The van der Waals surface area contributed by atoms with Crippen molar-refractivity contribution in [2.75, 3.05) is 0 Å². The average Bonchev–Trinajstić information content (AvgIpc) is 2.55.